The predicted molar refractivity (Wildman–Crippen MR) is 72.6 cm³/mol. The Bertz CT molecular complexity index is 94.0. The van der Waals surface area contributed by atoms with Gasteiger partial charge in [-0.2, -0.15) is 0 Å². The maximum atomic E-state index is 3.48. The van der Waals surface area contributed by atoms with Crippen LogP contribution in [0.15, 0.2) is 63.3 Å². The molecular weight excluding hydrogens is 168 g/mol. The summed E-state index contributed by atoms with van der Waals surface area (Å²) in [6.07, 6.45) is 9.51. The summed E-state index contributed by atoms with van der Waals surface area (Å²) in [6, 6.07) is 0. The number of rotatable bonds is 3. The van der Waals surface area contributed by atoms with Gasteiger partial charge in [0.1, 0.15) is 0 Å². The standard InChI is InChI=1S/C4H8.2C4H6.C2H6/c3*1-3-4-2;1-2/h3H,1,4H2,2H3;2*3-4H,1-2H2;1-2H3. The zero-order valence-corrected chi connectivity index (χ0v) is 10.1. The molecule has 0 rings (SSSR count). The smallest absolute Gasteiger partial charge is 0.0382 e. The third-order valence-electron chi connectivity index (χ3n) is 0.622. The molecular formula is C14H26. The molecule has 0 saturated carbocycles. The Morgan fingerprint density at radius 1 is 0.714 bits per heavy atom. The fourth-order valence-electron chi connectivity index (χ4n) is 0. The highest BCUT2D eigenvalue weighted by atomic mass is 13.5. The minimum Gasteiger partial charge on any atom is -0.103 e. The summed E-state index contributed by atoms with van der Waals surface area (Å²) in [4.78, 5) is 0. The Morgan fingerprint density at radius 2 is 0.857 bits per heavy atom. The van der Waals surface area contributed by atoms with E-state index in [9.17, 15) is 0 Å². The molecule has 0 bridgehead atoms. The first kappa shape index (κ1) is 23.0. The molecule has 0 amide bonds. The molecule has 0 aromatic carbocycles. The molecule has 0 aliphatic rings. The molecule has 14 heavy (non-hydrogen) atoms. The maximum Gasteiger partial charge on any atom is -0.0382 e. The van der Waals surface area contributed by atoms with Gasteiger partial charge in [0.2, 0.25) is 0 Å². The van der Waals surface area contributed by atoms with Crippen LogP contribution in [0.5, 0.6) is 0 Å². The van der Waals surface area contributed by atoms with Crippen molar-refractivity contribution in [2.24, 2.45) is 0 Å². The van der Waals surface area contributed by atoms with Crippen LogP contribution in [0.3, 0.4) is 0 Å². The molecule has 0 heteroatoms. The minimum absolute atomic E-state index is 1.08. The summed E-state index contributed by atoms with van der Waals surface area (Å²) < 4.78 is 0. The SMILES string of the molecule is C=CC=C.C=CC=C.C=CCC.CC. The number of hydrogen-bond donors (Lipinski definition) is 0. The zero-order chi connectivity index (χ0) is 12.2. The van der Waals surface area contributed by atoms with Gasteiger partial charge in [0.05, 0.1) is 0 Å². The van der Waals surface area contributed by atoms with Crippen LogP contribution in [-0.4, -0.2) is 0 Å². The summed E-state index contributed by atoms with van der Waals surface area (Å²) in [5.74, 6) is 0. The second-order valence-corrected chi connectivity index (χ2v) is 1.64. The van der Waals surface area contributed by atoms with Crippen molar-refractivity contribution in [1.29, 1.82) is 0 Å². The van der Waals surface area contributed by atoms with E-state index in [4.69, 9.17) is 0 Å². The van der Waals surface area contributed by atoms with E-state index < -0.39 is 0 Å². The van der Waals surface area contributed by atoms with Gasteiger partial charge in [0, 0.05) is 0 Å². The van der Waals surface area contributed by atoms with E-state index in [0.717, 1.165) is 6.42 Å². The maximum absolute atomic E-state index is 3.48. The normalized spacial score (nSPS) is 5.07. The molecule has 0 fully saturated rings. The zero-order valence-electron chi connectivity index (χ0n) is 10.1. The summed E-state index contributed by atoms with van der Waals surface area (Å²) >= 11 is 0. The third-order valence-corrected chi connectivity index (χ3v) is 0.622. The van der Waals surface area contributed by atoms with Crippen molar-refractivity contribution in [3.05, 3.63) is 63.3 Å². The van der Waals surface area contributed by atoms with Crippen LogP contribution >= 0.6 is 0 Å². The van der Waals surface area contributed by atoms with Gasteiger partial charge in [0.25, 0.3) is 0 Å². The predicted octanol–water partition coefficient (Wildman–Crippen LogP) is 5.33. The molecule has 82 valence electrons. The molecule has 0 aliphatic carbocycles. The van der Waals surface area contributed by atoms with E-state index in [-0.39, 0.29) is 0 Å². The summed E-state index contributed by atoms with van der Waals surface area (Å²) in [5.41, 5.74) is 0. The van der Waals surface area contributed by atoms with E-state index in [1.807, 2.05) is 19.9 Å². The van der Waals surface area contributed by atoms with Crippen molar-refractivity contribution in [2.45, 2.75) is 27.2 Å². The van der Waals surface area contributed by atoms with Crippen molar-refractivity contribution in [1.82, 2.24) is 0 Å². The van der Waals surface area contributed by atoms with Crippen LogP contribution in [0.4, 0.5) is 0 Å². The monoisotopic (exact) mass is 194 g/mol. The molecule has 0 spiro atoms. The van der Waals surface area contributed by atoms with Gasteiger partial charge in [-0.3, -0.25) is 0 Å². The van der Waals surface area contributed by atoms with Crippen LogP contribution in [-0.2, 0) is 0 Å². The van der Waals surface area contributed by atoms with Crippen molar-refractivity contribution >= 4 is 0 Å². The van der Waals surface area contributed by atoms with Gasteiger partial charge in [-0.1, -0.05) is 77.5 Å². The van der Waals surface area contributed by atoms with Gasteiger partial charge < -0.3 is 0 Å². The van der Waals surface area contributed by atoms with Gasteiger partial charge in [0.15, 0.2) is 0 Å². The van der Waals surface area contributed by atoms with Crippen LogP contribution in [0.25, 0.3) is 0 Å². The van der Waals surface area contributed by atoms with Gasteiger partial charge in [-0.05, 0) is 6.42 Å². The second kappa shape index (κ2) is 60.6. The van der Waals surface area contributed by atoms with Crippen molar-refractivity contribution in [3.8, 4) is 0 Å². The first-order chi connectivity index (χ1) is 6.74. The van der Waals surface area contributed by atoms with Gasteiger partial charge in [-0.15, -0.1) is 6.58 Å². The fraction of sp³-hybridized carbons (Fsp3) is 0.286. The molecule has 0 atom stereocenters. The van der Waals surface area contributed by atoms with Crippen LogP contribution in [0.1, 0.15) is 27.2 Å². The topological polar surface area (TPSA) is 0 Å². The lowest BCUT2D eigenvalue weighted by Crippen LogP contribution is -1.36. The van der Waals surface area contributed by atoms with Crippen molar-refractivity contribution in [3.63, 3.8) is 0 Å². The molecule has 0 aromatic rings. The molecule has 0 aromatic heterocycles. The molecule has 0 heterocycles. The van der Waals surface area contributed by atoms with Crippen LogP contribution < -0.4 is 0 Å². The Hall–Kier alpha value is -1.30. The van der Waals surface area contributed by atoms with E-state index in [2.05, 4.69) is 39.8 Å². The van der Waals surface area contributed by atoms with Crippen LogP contribution in [0, 0.1) is 0 Å². The highest BCUT2D eigenvalue weighted by molar-refractivity contribution is 4.88. The van der Waals surface area contributed by atoms with Crippen molar-refractivity contribution in [2.75, 3.05) is 0 Å². The summed E-state index contributed by atoms with van der Waals surface area (Å²) in [6.45, 7) is 23.0. The molecule has 0 aliphatic heterocycles. The molecule has 0 radical (unpaired) electrons. The fourth-order valence-corrected chi connectivity index (χ4v) is 0. The average Bonchev–Trinajstić information content (AvgIpc) is 2.31. The van der Waals surface area contributed by atoms with Gasteiger partial charge >= 0.3 is 0 Å². The summed E-state index contributed by atoms with van der Waals surface area (Å²) in [7, 11) is 0. The van der Waals surface area contributed by atoms with E-state index in [1.165, 1.54) is 0 Å². The Morgan fingerprint density at radius 3 is 0.857 bits per heavy atom. The molecule has 0 saturated heterocycles. The molecule has 0 nitrogen and oxygen atoms in total. The van der Waals surface area contributed by atoms with Gasteiger partial charge in [-0.25, -0.2) is 0 Å². The van der Waals surface area contributed by atoms with E-state index in [0.29, 0.717) is 0 Å². The average molecular weight is 194 g/mol. The lowest BCUT2D eigenvalue weighted by Gasteiger charge is -1.57. The van der Waals surface area contributed by atoms with E-state index >= 15 is 0 Å². The summed E-state index contributed by atoms with van der Waals surface area (Å²) in [5, 5.41) is 0. The number of hydrogen-bond acceptors (Lipinski definition) is 0. The second-order valence-electron chi connectivity index (χ2n) is 1.64. The lowest BCUT2D eigenvalue weighted by molar-refractivity contribution is 1.23. The number of allylic oxidation sites excluding steroid dienone is 5. The molecule has 0 unspecified atom stereocenters. The third kappa shape index (κ3) is 348. The molecule has 0 N–H and O–H groups in total. The minimum atomic E-state index is 1.08. The first-order valence-corrected chi connectivity index (χ1v) is 4.82. The van der Waals surface area contributed by atoms with E-state index in [1.54, 1.807) is 24.3 Å². The quantitative estimate of drug-likeness (QED) is 0.421. The first-order valence-electron chi connectivity index (χ1n) is 4.82. The highest BCUT2D eigenvalue weighted by Gasteiger charge is 1.45. The highest BCUT2D eigenvalue weighted by Crippen LogP contribution is 1.66. The largest absolute Gasteiger partial charge is 0.103 e. The Labute approximate surface area is 91.1 Å². The van der Waals surface area contributed by atoms with Crippen molar-refractivity contribution < 1.29 is 0 Å². The Kier molecular flexibility index (Phi) is 99.5. The van der Waals surface area contributed by atoms with Crippen LogP contribution in [0.2, 0.25) is 0 Å². The Balaban J connectivity index is -0.0000000492. The lowest BCUT2D eigenvalue weighted by atomic mass is 10.5.